The Morgan fingerprint density at radius 2 is 1.62 bits per heavy atom. The molecule has 0 atom stereocenters. The molecule has 1 amide bonds. The molecule has 1 aliphatic rings. The number of carbonyl (C=O) groups is 1. The fraction of sp³-hybridized carbons (Fsp3) is 0.240. The van der Waals surface area contributed by atoms with Crippen molar-refractivity contribution in [2.24, 2.45) is 0 Å². The van der Waals surface area contributed by atoms with Crippen LogP contribution in [0.4, 0.5) is 0 Å². The minimum Gasteiger partial charge on any atom is -0.379 e. The van der Waals surface area contributed by atoms with E-state index in [4.69, 9.17) is 9.72 Å². The molecule has 0 aliphatic carbocycles. The second-order valence-electron chi connectivity index (χ2n) is 7.77. The van der Waals surface area contributed by atoms with Crippen LogP contribution in [0.2, 0.25) is 0 Å². The first-order chi connectivity index (χ1) is 15.8. The number of nitrogens with one attached hydrogen (secondary N) is 1. The number of hydrogen-bond acceptors (Lipinski definition) is 5. The molecule has 0 saturated carbocycles. The monoisotopic (exact) mass is 427 g/mol. The Labute approximate surface area is 186 Å². The van der Waals surface area contributed by atoms with E-state index in [1.807, 2.05) is 66.7 Å². The minimum absolute atomic E-state index is 0.191. The molecule has 5 rings (SSSR count). The number of rotatable bonds is 6. The van der Waals surface area contributed by atoms with E-state index in [0.29, 0.717) is 17.9 Å². The van der Waals surface area contributed by atoms with E-state index >= 15 is 0 Å². The molecule has 1 N–H and O–H groups in total. The fourth-order valence-corrected chi connectivity index (χ4v) is 3.90. The van der Waals surface area contributed by atoms with Crippen LogP contribution in [0.5, 0.6) is 0 Å². The van der Waals surface area contributed by atoms with Gasteiger partial charge >= 0.3 is 0 Å². The zero-order chi connectivity index (χ0) is 21.8. The van der Waals surface area contributed by atoms with Gasteiger partial charge in [-0.15, -0.1) is 0 Å². The quantitative estimate of drug-likeness (QED) is 0.512. The van der Waals surface area contributed by atoms with Gasteiger partial charge in [-0.2, -0.15) is 5.10 Å². The lowest BCUT2D eigenvalue weighted by molar-refractivity contribution is 0.0383. The average Bonchev–Trinajstić information content (AvgIpc) is 3.30. The second kappa shape index (κ2) is 9.30. The number of nitrogens with zero attached hydrogens (tertiary/aromatic N) is 4. The highest BCUT2D eigenvalue weighted by Gasteiger charge is 2.17. The van der Waals surface area contributed by atoms with Crippen LogP contribution in [0.25, 0.3) is 28.2 Å². The summed E-state index contributed by atoms with van der Waals surface area (Å²) >= 11 is 0. The normalized spacial score (nSPS) is 14.5. The van der Waals surface area contributed by atoms with Crippen LogP contribution in [-0.2, 0) is 4.74 Å². The molecule has 2 aromatic heterocycles. The van der Waals surface area contributed by atoms with Crippen molar-refractivity contribution >= 4 is 11.6 Å². The third-order valence-electron chi connectivity index (χ3n) is 5.62. The number of hydrogen-bond donors (Lipinski definition) is 1. The smallest absolute Gasteiger partial charge is 0.271 e. The van der Waals surface area contributed by atoms with E-state index in [9.17, 15) is 4.79 Å². The lowest BCUT2D eigenvalue weighted by Crippen LogP contribution is -2.41. The largest absolute Gasteiger partial charge is 0.379 e. The third-order valence-corrected chi connectivity index (χ3v) is 5.62. The van der Waals surface area contributed by atoms with Crippen molar-refractivity contribution < 1.29 is 9.53 Å². The van der Waals surface area contributed by atoms with Crippen molar-refractivity contribution in [1.82, 2.24) is 24.8 Å². The van der Waals surface area contributed by atoms with E-state index in [1.165, 1.54) is 0 Å². The molecule has 2 aromatic carbocycles. The highest BCUT2D eigenvalue weighted by Crippen LogP contribution is 2.26. The minimum atomic E-state index is -0.191. The number of morpholine rings is 1. The number of aromatic nitrogens is 3. The highest BCUT2D eigenvalue weighted by molar-refractivity contribution is 5.93. The SMILES string of the molecule is O=C(NCCN1CCOCC1)c1cc2nc(-c3ccccc3)cc(-c3ccccc3)n2n1. The first-order valence-corrected chi connectivity index (χ1v) is 10.9. The topological polar surface area (TPSA) is 71.8 Å². The lowest BCUT2D eigenvalue weighted by atomic mass is 10.1. The molecule has 1 fully saturated rings. The summed E-state index contributed by atoms with van der Waals surface area (Å²) in [5.74, 6) is -0.191. The molecule has 0 unspecified atom stereocenters. The van der Waals surface area contributed by atoms with Gasteiger partial charge < -0.3 is 10.1 Å². The summed E-state index contributed by atoms with van der Waals surface area (Å²) in [4.78, 5) is 19.9. The molecule has 32 heavy (non-hydrogen) atoms. The van der Waals surface area contributed by atoms with Crippen molar-refractivity contribution in [2.45, 2.75) is 0 Å². The first-order valence-electron chi connectivity index (χ1n) is 10.9. The van der Waals surface area contributed by atoms with Crippen LogP contribution < -0.4 is 5.32 Å². The van der Waals surface area contributed by atoms with Crippen LogP contribution in [-0.4, -0.2) is 64.8 Å². The zero-order valence-corrected chi connectivity index (χ0v) is 17.8. The average molecular weight is 428 g/mol. The maximum atomic E-state index is 12.8. The van der Waals surface area contributed by atoms with E-state index in [1.54, 1.807) is 10.6 Å². The summed E-state index contributed by atoms with van der Waals surface area (Å²) in [6, 6.07) is 23.8. The van der Waals surface area contributed by atoms with E-state index in [-0.39, 0.29) is 5.91 Å². The van der Waals surface area contributed by atoms with Crippen LogP contribution in [0.1, 0.15) is 10.5 Å². The highest BCUT2D eigenvalue weighted by atomic mass is 16.5. The van der Waals surface area contributed by atoms with Gasteiger partial charge in [0.2, 0.25) is 0 Å². The van der Waals surface area contributed by atoms with Crippen LogP contribution >= 0.6 is 0 Å². The number of benzene rings is 2. The van der Waals surface area contributed by atoms with Gasteiger partial charge in [0, 0.05) is 43.4 Å². The summed E-state index contributed by atoms with van der Waals surface area (Å²) in [6.07, 6.45) is 0. The summed E-state index contributed by atoms with van der Waals surface area (Å²) < 4.78 is 7.12. The Hall–Kier alpha value is -3.55. The van der Waals surface area contributed by atoms with Crippen molar-refractivity contribution in [3.8, 4) is 22.5 Å². The number of amides is 1. The molecule has 0 radical (unpaired) electrons. The van der Waals surface area contributed by atoms with Gasteiger partial charge in [-0.05, 0) is 6.07 Å². The molecular weight excluding hydrogens is 402 g/mol. The maximum Gasteiger partial charge on any atom is 0.271 e. The Balaban J connectivity index is 1.44. The van der Waals surface area contributed by atoms with E-state index < -0.39 is 0 Å². The Bertz CT molecular complexity index is 1200. The molecule has 1 aliphatic heterocycles. The number of fused-ring (bicyclic) bond motifs is 1. The standard InChI is InChI=1S/C25H25N5O2/c31-25(26-11-12-29-13-15-32-16-14-29)22-18-24-27-21(19-7-3-1-4-8-19)17-23(30(24)28-22)20-9-5-2-6-10-20/h1-10,17-18H,11-16H2,(H,26,31). The van der Waals surface area contributed by atoms with Gasteiger partial charge in [0.25, 0.3) is 5.91 Å². The lowest BCUT2D eigenvalue weighted by Gasteiger charge is -2.26. The van der Waals surface area contributed by atoms with E-state index in [2.05, 4.69) is 15.3 Å². The fourth-order valence-electron chi connectivity index (χ4n) is 3.90. The van der Waals surface area contributed by atoms with Crippen LogP contribution in [0, 0.1) is 0 Å². The van der Waals surface area contributed by atoms with Gasteiger partial charge in [0.1, 0.15) is 0 Å². The Morgan fingerprint density at radius 1 is 0.938 bits per heavy atom. The zero-order valence-electron chi connectivity index (χ0n) is 17.8. The van der Waals surface area contributed by atoms with E-state index in [0.717, 1.165) is 55.4 Å². The van der Waals surface area contributed by atoms with Crippen LogP contribution in [0.3, 0.4) is 0 Å². The first kappa shape index (κ1) is 20.4. The predicted octanol–water partition coefficient (Wildman–Crippen LogP) is 3.13. The number of carbonyl (C=O) groups excluding carboxylic acids is 1. The van der Waals surface area contributed by atoms with Gasteiger partial charge in [0.15, 0.2) is 11.3 Å². The summed E-state index contributed by atoms with van der Waals surface area (Å²) in [5, 5.41) is 7.59. The third kappa shape index (κ3) is 4.39. The molecule has 7 heteroatoms. The van der Waals surface area contributed by atoms with Gasteiger partial charge in [0.05, 0.1) is 24.6 Å². The van der Waals surface area contributed by atoms with Crippen molar-refractivity contribution in [1.29, 1.82) is 0 Å². The van der Waals surface area contributed by atoms with Crippen molar-refractivity contribution in [3.05, 3.63) is 78.5 Å². The summed E-state index contributed by atoms with van der Waals surface area (Å²) in [6.45, 7) is 4.67. The van der Waals surface area contributed by atoms with Gasteiger partial charge in [-0.3, -0.25) is 9.69 Å². The molecule has 4 aromatic rings. The Kier molecular flexibility index (Phi) is 5.91. The van der Waals surface area contributed by atoms with Gasteiger partial charge in [-0.1, -0.05) is 60.7 Å². The summed E-state index contributed by atoms with van der Waals surface area (Å²) in [7, 11) is 0. The molecule has 0 spiro atoms. The molecule has 0 bridgehead atoms. The second-order valence-corrected chi connectivity index (χ2v) is 7.77. The van der Waals surface area contributed by atoms with Crippen molar-refractivity contribution in [2.75, 3.05) is 39.4 Å². The molecule has 162 valence electrons. The van der Waals surface area contributed by atoms with Crippen LogP contribution in [0.15, 0.2) is 72.8 Å². The summed E-state index contributed by atoms with van der Waals surface area (Å²) in [5.41, 5.74) is 4.77. The van der Waals surface area contributed by atoms with Gasteiger partial charge in [-0.25, -0.2) is 9.50 Å². The Morgan fingerprint density at radius 3 is 2.34 bits per heavy atom. The predicted molar refractivity (Wildman–Crippen MR) is 123 cm³/mol. The molecular formula is C25H25N5O2. The molecule has 1 saturated heterocycles. The van der Waals surface area contributed by atoms with Crippen molar-refractivity contribution in [3.63, 3.8) is 0 Å². The molecule has 3 heterocycles. The number of ether oxygens (including phenoxy) is 1. The maximum absolute atomic E-state index is 12.8. The molecule has 7 nitrogen and oxygen atoms in total.